The van der Waals surface area contributed by atoms with Crippen molar-refractivity contribution in [2.24, 2.45) is 23.7 Å². The van der Waals surface area contributed by atoms with Gasteiger partial charge in [0, 0.05) is 0 Å². The van der Waals surface area contributed by atoms with Gasteiger partial charge in [0.2, 0.25) is 0 Å². The van der Waals surface area contributed by atoms with E-state index >= 15 is 0 Å². The van der Waals surface area contributed by atoms with Crippen LogP contribution in [0.25, 0.3) is 0 Å². The first-order chi connectivity index (χ1) is 17.0. The van der Waals surface area contributed by atoms with Gasteiger partial charge in [-0.3, -0.25) is 9.05 Å². The van der Waals surface area contributed by atoms with Crippen molar-refractivity contribution in [1.82, 2.24) is 0 Å². The summed E-state index contributed by atoms with van der Waals surface area (Å²) in [5.41, 5.74) is 1.72. The Kier molecular flexibility index (Phi) is 10.7. The van der Waals surface area contributed by atoms with Crippen molar-refractivity contribution in [2.45, 2.75) is 65.2 Å². The van der Waals surface area contributed by atoms with Crippen molar-refractivity contribution < 1.29 is 22.9 Å². The zero-order valence-corrected chi connectivity index (χ0v) is 21.8. The van der Waals surface area contributed by atoms with Crippen LogP contribution in [0.3, 0.4) is 0 Å². The second kappa shape index (κ2) is 13.7. The van der Waals surface area contributed by atoms with Gasteiger partial charge >= 0.3 is 7.82 Å². The fourth-order valence-corrected chi connectivity index (χ4v) is 6.90. The molecule has 0 unspecified atom stereocenters. The first-order valence-corrected chi connectivity index (χ1v) is 14.1. The lowest BCUT2D eigenvalue weighted by atomic mass is 9.54. The molecule has 4 fully saturated rings. The van der Waals surface area contributed by atoms with E-state index < -0.39 is 7.82 Å². The number of hydrogen-bond donors (Lipinski definition) is 0. The standard InChI is InChI=1S/C15H24O.C12H13N2O4P/c1-3-4-16-10(2)15-13-6-11-5-12(8-13)9-14(15)7-11;13-8-4-10-16-19(15,17-11-5-9-14)18-12-6-2-1-3-7-12/h11-14H,3-9H2,1-2H3;1-3,6-7H,4-5,10-11H2. The van der Waals surface area contributed by atoms with Crippen molar-refractivity contribution in [3.05, 3.63) is 41.7 Å². The first kappa shape index (κ1) is 27.3. The van der Waals surface area contributed by atoms with Gasteiger partial charge < -0.3 is 9.26 Å². The van der Waals surface area contributed by atoms with E-state index in [0.29, 0.717) is 5.75 Å². The lowest BCUT2D eigenvalue weighted by Gasteiger charge is -2.51. The number of ether oxygens (including phenoxy) is 1. The van der Waals surface area contributed by atoms with Crippen LogP contribution in [0.2, 0.25) is 0 Å². The third kappa shape index (κ3) is 8.11. The van der Waals surface area contributed by atoms with Crippen LogP contribution in [0.5, 0.6) is 5.75 Å². The van der Waals surface area contributed by atoms with Crippen molar-refractivity contribution in [3.8, 4) is 17.9 Å². The van der Waals surface area contributed by atoms with E-state index in [2.05, 4.69) is 13.8 Å². The normalized spacial score (nSPS) is 24.1. The molecule has 0 atom stereocenters. The van der Waals surface area contributed by atoms with Crippen LogP contribution < -0.4 is 4.52 Å². The van der Waals surface area contributed by atoms with Gasteiger partial charge in [0.15, 0.2) is 0 Å². The van der Waals surface area contributed by atoms with Gasteiger partial charge in [0.05, 0.1) is 50.6 Å². The number of nitriles is 2. The summed E-state index contributed by atoms with van der Waals surface area (Å²) in [5, 5.41) is 16.8. The van der Waals surface area contributed by atoms with Gasteiger partial charge in [0.1, 0.15) is 5.75 Å². The van der Waals surface area contributed by atoms with Crippen LogP contribution >= 0.6 is 7.82 Å². The van der Waals surface area contributed by atoms with Crippen LogP contribution in [-0.2, 0) is 18.3 Å². The van der Waals surface area contributed by atoms with Crippen molar-refractivity contribution >= 4 is 7.82 Å². The Morgan fingerprint density at radius 3 is 1.94 bits per heavy atom. The Balaban J connectivity index is 0.000000197. The molecule has 7 nitrogen and oxygen atoms in total. The minimum absolute atomic E-state index is 0.0623. The highest BCUT2D eigenvalue weighted by Gasteiger charge is 2.46. The molecule has 4 bridgehead atoms. The topological polar surface area (TPSA) is 102 Å². The van der Waals surface area contributed by atoms with E-state index in [-0.39, 0.29) is 26.1 Å². The number of benzene rings is 1. The Hall–Kier alpha value is -2.31. The third-order valence-corrected chi connectivity index (χ3v) is 8.27. The van der Waals surface area contributed by atoms with Crippen molar-refractivity contribution in [3.63, 3.8) is 0 Å². The van der Waals surface area contributed by atoms with Crippen LogP contribution in [-0.4, -0.2) is 19.8 Å². The maximum Gasteiger partial charge on any atom is 0.530 e. The zero-order valence-electron chi connectivity index (χ0n) is 20.9. The predicted octanol–water partition coefficient (Wildman–Crippen LogP) is 7.18. The summed E-state index contributed by atoms with van der Waals surface area (Å²) in [6.45, 7) is 5.18. The Morgan fingerprint density at radius 1 is 0.914 bits per heavy atom. The fourth-order valence-electron chi connectivity index (χ4n) is 5.71. The summed E-state index contributed by atoms with van der Waals surface area (Å²) in [5.74, 6) is 5.53. The summed E-state index contributed by atoms with van der Waals surface area (Å²) in [6, 6.07) is 12.1. The molecular formula is C27H37N2O5P. The summed E-state index contributed by atoms with van der Waals surface area (Å²) >= 11 is 0. The van der Waals surface area contributed by atoms with Crippen LogP contribution in [0.4, 0.5) is 0 Å². The molecule has 1 aromatic carbocycles. The highest BCUT2D eigenvalue weighted by Crippen LogP contribution is 2.57. The summed E-state index contributed by atoms with van der Waals surface area (Å²) < 4.78 is 33.3. The average molecular weight is 501 g/mol. The molecule has 8 heteroatoms. The van der Waals surface area contributed by atoms with Gasteiger partial charge in [-0.1, -0.05) is 25.1 Å². The number of hydrogen-bond acceptors (Lipinski definition) is 7. The number of phosphoric acid groups is 1. The minimum atomic E-state index is -3.80. The van der Waals surface area contributed by atoms with Gasteiger partial charge in [-0.25, -0.2) is 4.57 Å². The van der Waals surface area contributed by atoms with Gasteiger partial charge in [-0.05, 0) is 86.8 Å². The quantitative estimate of drug-likeness (QED) is 0.180. The molecule has 0 aromatic heterocycles. The summed E-state index contributed by atoms with van der Waals surface area (Å²) in [7, 11) is -3.80. The van der Waals surface area contributed by atoms with E-state index in [4.69, 9.17) is 28.8 Å². The lowest BCUT2D eigenvalue weighted by Crippen LogP contribution is -2.40. The molecule has 4 saturated carbocycles. The molecular weight excluding hydrogens is 463 g/mol. The molecule has 0 radical (unpaired) electrons. The van der Waals surface area contributed by atoms with Crippen molar-refractivity contribution in [2.75, 3.05) is 19.8 Å². The molecule has 0 saturated heterocycles. The molecule has 0 spiro atoms. The van der Waals surface area contributed by atoms with Gasteiger partial charge in [-0.2, -0.15) is 10.5 Å². The van der Waals surface area contributed by atoms with Crippen LogP contribution in [0, 0.1) is 46.3 Å². The summed E-state index contributed by atoms with van der Waals surface area (Å²) in [4.78, 5) is 0. The first-order valence-electron chi connectivity index (χ1n) is 12.7. The minimum Gasteiger partial charge on any atom is -0.498 e. The monoisotopic (exact) mass is 500 g/mol. The van der Waals surface area contributed by atoms with E-state index in [1.807, 2.05) is 12.1 Å². The largest absolute Gasteiger partial charge is 0.530 e. The SMILES string of the molecule is CCCOC(C)=C1C2CC3CC(C2)CC1C3.N#CCCOP(=O)(OCCC#N)Oc1ccccc1. The molecule has 0 aliphatic heterocycles. The zero-order chi connectivity index (χ0) is 25.1. The van der Waals surface area contributed by atoms with E-state index in [0.717, 1.165) is 36.7 Å². The highest BCUT2D eigenvalue weighted by atomic mass is 31.2. The Morgan fingerprint density at radius 2 is 1.46 bits per heavy atom. The summed E-state index contributed by atoms with van der Waals surface area (Å²) in [6.07, 6.45) is 8.68. The molecule has 0 amide bonds. The molecule has 190 valence electrons. The van der Waals surface area contributed by atoms with E-state index in [9.17, 15) is 4.57 Å². The smallest absolute Gasteiger partial charge is 0.498 e. The average Bonchev–Trinajstić information content (AvgIpc) is 2.83. The Bertz CT molecular complexity index is 912. The lowest BCUT2D eigenvalue weighted by molar-refractivity contribution is 0.0596. The van der Waals surface area contributed by atoms with Gasteiger partial charge in [-0.15, -0.1) is 0 Å². The number of rotatable bonds is 11. The third-order valence-electron chi connectivity index (χ3n) is 6.83. The molecule has 35 heavy (non-hydrogen) atoms. The second-order valence-electron chi connectivity index (χ2n) is 9.50. The second-order valence-corrected chi connectivity index (χ2v) is 11.1. The molecule has 4 aliphatic rings. The fraction of sp³-hybridized carbons (Fsp3) is 0.630. The maximum absolute atomic E-state index is 12.2. The van der Waals surface area contributed by atoms with Crippen molar-refractivity contribution in [1.29, 1.82) is 10.5 Å². The van der Waals surface area contributed by atoms with E-state index in [1.165, 1.54) is 37.9 Å². The van der Waals surface area contributed by atoms with Crippen LogP contribution in [0.15, 0.2) is 41.7 Å². The van der Waals surface area contributed by atoms with Crippen LogP contribution in [0.1, 0.15) is 65.2 Å². The molecule has 0 heterocycles. The van der Waals surface area contributed by atoms with Gasteiger partial charge in [0.25, 0.3) is 0 Å². The molecule has 5 rings (SSSR count). The number of para-hydroxylation sites is 1. The van der Waals surface area contributed by atoms with E-state index in [1.54, 1.807) is 35.9 Å². The number of allylic oxidation sites excluding steroid dienone is 2. The number of nitrogens with zero attached hydrogens (tertiary/aromatic N) is 2. The predicted molar refractivity (Wildman–Crippen MR) is 133 cm³/mol. The highest BCUT2D eigenvalue weighted by molar-refractivity contribution is 7.48. The Labute approximate surface area is 209 Å². The molecule has 0 N–H and O–H groups in total. The number of phosphoric ester groups is 1. The molecule has 1 aromatic rings. The maximum atomic E-state index is 12.2. The molecule has 4 aliphatic carbocycles.